The number of rotatable bonds is 19. The molecule has 0 heterocycles. The summed E-state index contributed by atoms with van der Waals surface area (Å²) in [6, 6.07) is 14.2. The highest BCUT2D eigenvalue weighted by Gasteiger charge is 2.12. The molecule has 2 heteroatoms. The fourth-order valence-corrected chi connectivity index (χ4v) is 4.67. The lowest BCUT2D eigenvalue weighted by molar-refractivity contribution is 0.0697. The van der Waals surface area contributed by atoms with Gasteiger partial charge in [0.05, 0.1) is 5.56 Å². The van der Waals surface area contributed by atoms with Gasteiger partial charge in [-0.3, -0.25) is 0 Å². The molecule has 0 atom stereocenters. The summed E-state index contributed by atoms with van der Waals surface area (Å²) in [4.78, 5) is 11.8. The number of carboxylic acid groups (broad SMARTS) is 1. The van der Waals surface area contributed by atoms with Crippen LogP contribution in [0, 0.1) is 0 Å². The van der Waals surface area contributed by atoms with Crippen LogP contribution in [0.25, 0.3) is 17.2 Å². The zero-order chi connectivity index (χ0) is 25.1. The SMILES string of the molecule is CCCCCCCC=Cc1ccc(C(=O)O)c(-c2ccc(CCCCCCCCCCC)cc2)c1. The number of allylic oxidation sites excluding steroid dienone is 1. The highest BCUT2D eigenvalue weighted by atomic mass is 16.4. The Morgan fingerprint density at radius 2 is 1.29 bits per heavy atom. The van der Waals surface area contributed by atoms with Crippen molar-refractivity contribution in [2.75, 3.05) is 0 Å². The van der Waals surface area contributed by atoms with Crippen LogP contribution < -0.4 is 0 Å². The normalized spacial score (nSPS) is 11.4. The Balaban J connectivity index is 1.87. The van der Waals surface area contributed by atoms with Crippen molar-refractivity contribution in [3.05, 3.63) is 65.2 Å². The Morgan fingerprint density at radius 3 is 1.89 bits per heavy atom. The third kappa shape index (κ3) is 11.8. The Morgan fingerprint density at radius 1 is 0.714 bits per heavy atom. The Labute approximate surface area is 214 Å². The van der Waals surface area contributed by atoms with E-state index in [1.807, 2.05) is 12.1 Å². The molecule has 2 aromatic carbocycles. The minimum Gasteiger partial charge on any atom is -0.478 e. The van der Waals surface area contributed by atoms with Crippen LogP contribution >= 0.6 is 0 Å². The molecule has 192 valence electrons. The lowest BCUT2D eigenvalue weighted by atomic mass is 9.95. The number of carbonyl (C=O) groups is 1. The largest absolute Gasteiger partial charge is 0.478 e. The molecule has 2 aromatic rings. The van der Waals surface area contributed by atoms with Gasteiger partial charge in [-0.15, -0.1) is 0 Å². The number of aromatic carboxylic acids is 1. The van der Waals surface area contributed by atoms with Crippen LogP contribution in [0.1, 0.15) is 132 Å². The van der Waals surface area contributed by atoms with Crippen molar-refractivity contribution in [1.82, 2.24) is 0 Å². The van der Waals surface area contributed by atoms with Gasteiger partial charge in [0, 0.05) is 0 Å². The molecule has 0 aromatic heterocycles. The fraction of sp³-hybridized carbons (Fsp3) is 0.545. The van der Waals surface area contributed by atoms with Crippen molar-refractivity contribution in [2.45, 2.75) is 117 Å². The lowest BCUT2D eigenvalue weighted by Crippen LogP contribution is -2.00. The van der Waals surface area contributed by atoms with Crippen molar-refractivity contribution in [3.63, 3.8) is 0 Å². The van der Waals surface area contributed by atoms with Crippen molar-refractivity contribution in [3.8, 4) is 11.1 Å². The van der Waals surface area contributed by atoms with Crippen molar-refractivity contribution in [2.24, 2.45) is 0 Å². The summed E-state index contributed by atoms with van der Waals surface area (Å²) in [5.74, 6) is -0.870. The number of aryl methyl sites for hydroxylation is 1. The average Bonchev–Trinajstić information content (AvgIpc) is 2.87. The van der Waals surface area contributed by atoms with Gasteiger partial charge in [0.15, 0.2) is 0 Å². The molecule has 0 radical (unpaired) electrons. The van der Waals surface area contributed by atoms with Crippen LogP contribution in [0.3, 0.4) is 0 Å². The van der Waals surface area contributed by atoms with Crippen molar-refractivity contribution < 1.29 is 9.90 Å². The van der Waals surface area contributed by atoms with E-state index >= 15 is 0 Å². The molecule has 0 saturated heterocycles. The van der Waals surface area contributed by atoms with Crippen LogP contribution in [0.15, 0.2) is 48.5 Å². The molecule has 2 nitrogen and oxygen atoms in total. The molecular formula is C33H48O2. The van der Waals surface area contributed by atoms with E-state index < -0.39 is 5.97 Å². The van der Waals surface area contributed by atoms with Crippen LogP contribution in [0.4, 0.5) is 0 Å². The van der Waals surface area contributed by atoms with Crippen LogP contribution in [-0.4, -0.2) is 11.1 Å². The quantitative estimate of drug-likeness (QED) is 0.205. The average molecular weight is 477 g/mol. The molecule has 0 aliphatic heterocycles. The molecule has 0 amide bonds. The first-order chi connectivity index (χ1) is 17.2. The molecule has 2 rings (SSSR count). The first kappa shape index (κ1) is 28.9. The number of carboxylic acids is 1. The summed E-state index contributed by atoms with van der Waals surface area (Å²) >= 11 is 0. The van der Waals surface area contributed by atoms with Gasteiger partial charge in [-0.1, -0.05) is 133 Å². The maximum atomic E-state index is 11.8. The number of benzene rings is 2. The summed E-state index contributed by atoms with van der Waals surface area (Å²) in [6.45, 7) is 4.51. The molecule has 0 aliphatic carbocycles. The highest BCUT2D eigenvalue weighted by molar-refractivity contribution is 5.96. The monoisotopic (exact) mass is 476 g/mol. The van der Waals surface area contributed by atoms with E-state index in [2.05, 4.69) is 50.3 Å². The van der Waals surface area contributed by atoms with Gasteiger partial charge in [0.1, 0.15) is 0 Å². The Bertz CT molecular complexity index is 863. The second-order valence-corrected chi connectivity index (χ2v) is 9.99. The summed E-state index contributed by atoms with van der Waals surface area (Å²) in [6.07, 6.45) is 25.0. The number of hydrogen-bond acceptors (Lipinski definition) is 1. The second kappa shape index (κ2) is 18.0. The van der Waals surface area contributed by atoms with E-state index in [0.717, 1.165) is 29.5 Å². The van der Waals surface area contributed by atoms with Crippen LogP contribution in [-0.2, 0) is 6.42 Å². The first-order valence-corrected chi connectivity index (χ1v) is 14.3. The molecule has 0 bridgehead atoms. The minimum atomic E-state index is -0.870. The van der Waals surface area contributed by atoms with Gasteiger partial charge >= 0.3 is 5.97 Å². The maximum Gasteiger partial charge on any atom is 0.336 e. The second-order valence-electron chi connectivity index (χ2n) is 9.99. The Hall–Kier alpha value is -2.35. The van der Waals surface area contributed by atoms with E-state index in [0.29, 0.717) is 5.56 Å². The van der Waals surface area contributed by atoms with Crippen LogP contribution in [0.2, 0.25) is 0 Å². The van der Waals surface area contributed by atoms with Crippen LogP contribution in [0.5, 0.6) is 0 Å². The smallest absolute Gasteiger partial charge is 0.336 e. The van der Waals surface area contributed by atoms with Crippen molar-refractivity contribution in [1.29, 1.82) is 0 Å². The van der Waals surface area contributed by atoms with Gasteiger partial charge in [0.25, 0.3) is 0 Å². The zero-order valence-corrected chi connectivity index (χ0v) is 22.4. The predicted molar refractivity (Wildman–Crippen MR) is 152 cm³/mol. The molecule has 0 saturated carbocycles. The van der Waals surface area contributed by atoms with Gasteiger partial charge in [0.2, 0.25) is 0 Å². The molecule has 1 N–H and O–H groups in total. The lowest BCUT2D eigenvalue weighted by Gasteiger charge is -2.09. The third-order valence-corrected chi connectivity index (χ3v) is 6.89. The van der Waals surface area contributed by atoms with E-state index in [1.54, 1.807) is 6.07 Å². The standard InChI is InChI=1S/C33H48O2/c1-3-5-7-9-11-12-14-15-17-19-28-21-24-30(25-22-28)32-27-29(23-26-31(32)33(34)35)20-18-16-13-10-8-6-4-2/h18,20-27H,3-17,19H2,1-2H3,(H,34,35). The molecule has 0 unspecified atom stereocenters. The van der Waals surface area contributed by atoms with E-state index in [1.165, 1.54) is 95.5 Å². The summed E-state index contributed by atoms with van der Waals surface area (Å²) in [7, 11) is 0. The molecule has 35 heavy (non-hydrogen) atoms. The van der Waals surface area contributed by atoms with Gasteiger partial charge in [-0.05, 0) is 60.1 Å². The number of unbranched alkanes of at least 4 members (excludes halogenated alkanes) is 13. The van der Waals surface area contributed by atoms with E-state index in [-0.39, 0.29) is 0 Å². The van der Waals surface area contributed by atoms with E-state index in [4.69, 9.17) is 0 Å². The minimum absolute atomic E-state index is 0.369. The fourth-order valence-electron chi connectivity index (χ4n) is 4.67. The summed E-state index contributed by atoms with van der Waals surface area (Å²) in [5.41, 5.74) is 4.56. The van der Waals surface area contributed by atoms with E-state index in [9.17, 15) is 9.90 Å². The molecular weight excluding hydrogens is 428 g/mol. The van der Waals surface area contributed by atoms with Crippen molar-refractivity contribution >= 4 is 12.0 Å². The molecule has 0 spiro atoms. The first-order valence-electron chi connectivity index (χ1n) is 14.3. The summed E-state index contributed by atoms with van der Waals surface area (Å²) < 4.78 is 0. The zero-order valence-electron chi connectivity index (χ0n) is 22.4. The molecule has 0 aliphatic rings. The third-order valence-electron chi connectivity index (χ3n) is 6.89. The number of hydrogen-bond donors (Lipinski definition) is 1. The maximum absolute atomic E-state index is 11.8. The van der Waals surface area contributed by atoms with Gasteiger partial charge in [-0.25, -0.2) is 4.79 Å². The predicted octanol–water partition coefficient (Wildman–Crippen LogP) is 10.5. The summed E-state index contributed by atoms with van der Waals surface area (Å²) in [5, 5.41) is 9.72. The Kier molecular flexibility index (Phi) is 14.8. The highest BCUT2D eigenvalue weighted by Crippen LogP contribution is 2.27. The van der Waals surface area contributed by atoms with Gasteiger partial charge in [-0.2, -0.15) is 0 Å². The topological polar surface area (TPSA) is 37.3 Å². The molecule has 0 fully saturated rings. The van der Waals surface area contributed by atoms with Gasteiger partial charge < -0.3 is 5.11 Å².